The molecule has 0 spiro atoms. The fourth-order valence-corrected chi connectivity index (χ4v) is 9.43. The van der Waals surface area contributed by atoms with Crippen molar-refractivity contribution in [3.63, 3.8) is 0 Å². The van der Waals surface area contributed by atoms with Crippen LogP contribution in [0.15, 0.2) is 102 Å². The van der Waals surface area contributed by atoms with Gasteiger partial charge in [-0.1, -0.05) is 135 Å². The van der Waals surface area contributed by atoms with Crippen LogP contribution in [0.2, 0.25) is 20.1 Å². The van der Waals surface area contributed by atoms with E-state index in [1.165, 1.54) is 56.1 Å². The molecule has 0 aromatic heterocycles. The first-order valence-corrected chi connectivity index (χ1v) is 24.9. The number of nitrogens with one attached hydrogen (secondary N) is 1. The van der Waals surface area contributed by atoms with Crippen molar-refractivity contribution in [2.75, 3.05) is 27.8 Å². The lowest BCUT2D eigenvalue weighted by atomic mass is 9.59. The lowest BCUT2D eigenvalue weighted by Crippen LogP contribution is -2.52. The minimum Gasteiger partial charge on any atom is -0.385 e. The van der Waals surface area contributed by atoms with Gasteiger partial charge in [-0.15, -0.1) is 5.92 Å². The molecular formula is C57H74BCl4N3O2. The molecule has 4 aliphatic rings. The molecule has 1 N–H and O–H groups in total. The Labute approximate surface area is 426 Å². The van der Waals surface area contributed by atoms with E-state index in [1.54, 1.807) is 14.0 Å². The summed E-state index contributed by atoms with van der Waals surface area (Å²) in [6.45, 7) is 9.08. The Bertz CT molecular complexity index is 2130. The first kappa shape index (κ1) is 59.5. The van der Waals surface area contributed by atoms with E-state index in [0.717, 1.165) is 88.6 Å². The first-order chi connectivity index (χ1) is 31.7. The van der Waals surface area contributed by atoms with Crippen molar-refractivity contribution < 1.29 is 9.53 Å². The Morgan fingerprint density at radius 1 is 0.701 bits per heavy atom. The van der Waals surface area contributed by atoms with Crippen molar-refractivity contribution in [1.82, 2.24) is 5.32 Å². The number of likely N-dealkylation sites (N-methyl/N-ethyl adjacent to an activating group) is 1. The normalized spacial score (nSPS) is 17.4. The molecule has 1 unspecified atom stereocenters. The van der Waals surface area contributed by atoms with Crippen molar-refractivity contribution in [2.24, 2.45) is 10.9 Å². The quantitative estimate of drug-likeness (QED) is 0.0703. The number of nitriles is 1. The molecule has 0 bridgehead atoms. The molecule has 4 aromatic rings. The van der Waals surface area contributed by atoms with Gasteiger partial charge in [0.25, 0.3) is 0 Å². The molecule has 4 fully saturated rings. The van der Waals surface area contributed by atoms with Gasteiger partial charge < -0.3 is 14.8 Å². The molecule has 1 atom stereocenters. The topological polar surface area (TPSA) is 74.5 Å². The number of benzene rings is 4. The number of hydrogen-bond donors (Lipinski definition) is 1. The maximum atomic E-state index is 11.0. The number of rotatable bonds is 11. The highest BCUT2D eigenvalue weighted by Gasteiger charge is 2.45. The number of halogens is 4. The predicted octanol–water partition coefficient (Wildman–Crippen LogP) is 15.5. The van der Waals surface area contributed by atoms with Gasteiger partial charge in [-0.2, -0.15) is 11.1 Å². The van der Waals surface area contributed by atoms with Gasteiger partial charge in [0, 0.05) is 63.9 Å². The number of ether oxygens (including phenoxy) is 1. The van der Waals surface area contributed by atoms with E-state index in [9.17, 15) is 4.79 Å². The molecule has 4 aromatic carbocycles. The summed E-state index contributed by atoms with van der Waals surface area (Å²) in [5.74, 6) is 5.37. The number of aliphatic imine (C=N–C) groups is 1. The smallest absolute Gasteiger partial charge is 0.187 e. The minimum atomic E-state index is -0.204. The number of nitrogens with zero attached hydrogens (tertiary/aromatic N) is 2. The van der Waals surface area contributed by atoms with Gasteiger partial charge in [-0.25, -0.2) is 0 Å². The van der Waals surface area contributed by atoms with Gasteiger partial charge in [0.2, 0.25) is 0 Å². The van der Waals surface area contributed by atoms with Crippen LogP contribution in [0.25, 0.3) is 0 Å². The second kappa shape index (κ2) is 30.1. The largest absolute Gasteiger partial charge is 0.385 e. The van der Waals surface area contributed by atoms with Crippen molar-refractivity contribution in [1.29, 1.82) is 5.26 Å². The Hall–Kier alpha value is -3.59. The SMILES string of the molecule is C.CCOC.CN=CC1(c2ccc(Cl)cc2)CCC1.CNC(CC(C)C)C1(c2ccc(Cl)cc2)CCC1.N#CC1(c2ccc(Cl)cc2)CCC1.O=CC1(c2ccc(Cl)cc2)CCC1.[B]C#CC. The van der Waals surface area contributed by atoms with Gasteiger partial charge in [0.15, 0.2) is 7.85 Å². The van der Waals surface area contributed by atoms with Gasteiger partial charge in [0.05, 0.1) is 16.9 Å². The van der Waals surface area contributed by atoms with Crippen LogP contribution in [0, 0.1) is 29.0 Å². The highest BCUT2D eigenvalue weighted by Crippen LogP contribution is 2.48. The summed E-state index contributed by atoms with van der Waals surface area (Å²) < 4.78 is 4.54. The predicted molar refractivity (Wildman–Crippen MR) is 290 cm³/mol. The number of hydrogen-bond acceptors (Lipinski definition) is 5. The Balaban J connectivity index is 0.000000291. The average molecular weight is 986 g/mol. The molecular weight excluding hydrogens is 911 g/mol. The summed E-state index contributed by atoms with van der Waals surface area (Å²) in [6.07, 6.45) is 18.3. The van der Waals surface area contributed by atoms with Crippen molar-refractivity contribution in [3.05, 3.63) is 139 Å². The van der Waals surface area contributed by atoms with Crippen molar-refractivity contribution in [2.45, 2.75) is 146 Å². The molecule has 360 valence electrons. The maximum Gasteiger partial charge on any atom is 0.187 e. The van der Waals surface area contributed by atoms with E-state index in [-0.39, 0.29) is 23.7 Å². The summed E-state index contributed by atoms with van der Waals surface area (Å²) in [6, 6.07) is 34.9. The summed E-state index contributed by atoms with van der Waals surface area (Å²) in [7, 11) is 10.3. The Morgan fingerprint density at radius 2 is 1.06 bits per heavy atom. The van der Waals surface area contributed by atoms with E-state index in [2.05, 4.69) is 92.1 Å². The molecule has 0 aliphatic heterocycles. The monoisotopic (exact) mass is 983 g/mol. The molecule has 0 saturated heterocycles. The lowest BCUT2D eigenvalue weighted by molar-refractivity contribution is -0.115. The highest BCUT2D eigenvalue weighted by molar-refractivity contribution is 6.31. The van der Waals surface area contributed by atoms with Crippen LogP contribution in [-0.4, -0.2) is 54.2 Å². The van der Waals surface area contributed by atoms with Gasteiger partial charge in [-0.05, 0) is 162 Å². The molecule has 0 amide bonds. The van der Waals surface area contributed by atoms with Gasteiger partial charge in [0.1, 0.15) is 6.29 Å². The molecule has 10 heteroatoms. The lowest BCUT2D eigenvalue weighted by Gasteiger charge is -2.49. The second-order valence-electron chi connectivity index (χ2n) is 18.1. The van der Waals surface area contributed by atoms with Crippen LogP contribution in [-0.2, 0) is 31.2 Å². The summed E-state index contributed by atoms with van der Waals surface area (Å²) in [4.78, 5) is 15.1. The van der Waals surface area contributed by atoms with E-state index >= 15 is 0 Å². The highest BCUT2D eigenvalue weighted by atomic mass is 35.5. The molecule has 4 saturated carbocycles. The molecule has 0 heterocycles. The van der Waals surface area contributed by atoms with Crippen LogP contribution in [0.5, 0.6) is 0 Å². The number of methoxy groups -OCH3 is 1. The summed E-state index contributed by atoms with van der Waals surface area (Å²) in [5.41, 5.74) is 5.18. The number of carbonyl (C=O) groups excluding carboxylic acids is 1. The standard InChI is InChI=1S/C16H24ClN.C12H14ClN.C11H10ClN.C11H11ClO.C3H3B.C3H8O.CH4/c1-12(2)11-15(18-3)16(9-4-10-16)13-5-7-14(17)8-6-13;1-14-9-12(7-2-8-12)10-3-5-11(13)6-4-10;2*12-10-4-2-9(3-5-10)11(8-13)6-1-7-11;1-2-3-4;1-3-4-2;/h5-8,12,15,18H,4,9-11H2,1-3H3;3-6,9H,2,7-8H2,1H3;2-5H,1,6-7H2;2-5,8H,1,6-7H2;1H3;3H2,1-2H3;1H4. The third-order valence-corrected chi connectivity index (χ3v) is 14.6. The zero-order chi connectivity index (χ0) is 48.6. The maximum absolute atomic E-state index is 11.0. The first-order valence-electron chi connectivity index (χ1n) is 23.4. The molecule has 2 radical (unpaired) electrons. The van der Waals surface area contributed by atoms with Crippen LogP contribution < -0.4 is 5.32 Å². The van der Waals surface area contributed by atoms with E-state index in [1.807, 2.05) is 86.8 Å². The summed E-state index contributed by atoms with van der Waals surface area (Å²) in [5, 5.41) is 15.7. The minimum absolute atomic E-state index is 0. The van der Waals surface area contributed by atoms with Crippen LogP contribution in [0.3, 0.4) is 0 Å². The van der Waals surface area contributed by atoms with Crippen molar-refractivity contribution in [3.8, 4) is 17.8 Å². The van der Waals surface area contributed by atoms with Crippen LogP contribution in [0.1, 0.15) is 141 Å². The van der Waals surface area contributed by atoms with Crippen LogP contribution in [0.4, 0.5) is 0 Å². The molecule has 5 nitrogen and oxygen atoms in total. The van der Waals surface area contributed by atoms with Crippen molar-refractivity contribution >= 4 is 66.8 Å². The third-order valence-electron chi connectivity index (χ3n) is 13.6. The van der Waals surface area contributed by atoms with E-state index in [4.69, 9.17) is 51.7 Å². The Kier molecular flexibility index (Phi) is 26.8. The average Bonchev–Trinajstić information content (AvgIpc) is 3.27. The number of carbonyl (C=O) groups is 1. The Morgan fingerprint density at radius 3 is 1.30 bits per heavy atom. The second-order valence-corrected chi connectivity index (χ2v) is 19.8. The molecule has 8 rings (SSSR count). The molecule has 4 aliphatic carbocycles. The van der Waals surface area contributed by atoms with E-state index in [0.29, 0.717) is 11.5 Å². The zero-order valence-corrected chi connectivity index (χ0v) is 43.3. The number of aldehydes is 1. The molecule has 67 heavy (non-hydrogen) atoms. The summed E-state index contributed by atoms with van der Waals surface area (Å²) >= 11 is 23.4. The van der Waals surface area contributed by atoms with E-state index < -0.39 is 0 Å². The fourth-order valence-electron chi connectivity index (χ4n) is 8.93. The third kappa shape index (κ3) is 16.8. The van der Waals surface area contributed by atoms with Crippen LogP contribution >= 0.6 is 46.4 Å². The van der Waals surface area contributed by atoms with Gasteiger partial charge in [-0.3, -0.25) is 4.99 Å². The zero-order valence-electron chi connectivity index (χ0n) is 40.2. The van der Waals surface area contributed by atoms with Gasteiger partial charge >= 0.3 is 0 Å². The fraction of sp³-hybridized carbons (Fsp3) is 0.491.